The van der Waals surface area contributed by atoms with E-state index in [-0.39, 0.29) is 6.04 Å². The summed E-state index contributed by atoms with van der Waals surface area (Å²) in [7, 11) is 0. The van der Waals surface area contributed by atoms with E-state index in [1.165, 1.54) is 0 Å². The molecule has 0 fully saturated rings. The van der Waals surface area contributed by atoms with E-state index in [0.29, 0.717) is 0 Å². The lowest BCUT2D eigenvalue weighted by Crippen LogP contribution is -2.09. The zero-order chi connectivity index (χ0) is 13.1. The van der Waals surface area contributed by atoms with Gasteiger partial charge in [0.25, 0.3) is 0 Å². The molecule has 0 bridgehead atoms. The predicted octanol–water partition coefficient (Wildman–Crippen LogP) is 2.90. The Morgan fingerprint density at radius 2 is 2.16 bits per heavy atom. The molecule has 0 spiro atoms. The summed E-state index contributed by atoms with van der Waals surface area (Å²) in [5.74, 6) is 0. The van der Waals surface area contributed by atoms with Crippen molar-refractivity contribution in [3.05, 3.63) is 53.2 Å². The first-order valence-corrected chi connectivity index (χ1v) is 6.84. The number of para-hydroxylation sites is 2. The molecule has 0 aliphatic heterocycles. The van der Waals surface area contributed by atoms with Crippen molar-refractivity contribution in [2.45, 2.75) is 13.0 Å². The van der Waals surface area contributed by atoms with Crippen LogP contribution in [0.5, 0.6) is 0 Å². The maximum atomic E-state index is 4.33. The number of benzene rings is 1. The second-order valence-electron chi connectivity index (χ2n) is 4.10. The summed E-state index contributed by atoms with van der Waals surface area (Å²) in [6, 6.07) is 8.17. The Morgan fingerprint density at radius 3 is 2.89 bits per heavy atom. The Bertz CT molecular complexity index is 633. The SMILES string of the molecule is CC(Nc1ccccc1-n1ccnn1)c1nccs1. The van der Waals surface area contributed by atoms with Gasteiger partial charge < -0.3 is 5.32 Å². The Kier molecular flexibility index (Phi) is 3.24. The molecular formula is C13H13N5S. The van der Waals surface area contributed by atoms with Gasteiger partial charge in [-0.25, -0.2) is 9.67 Å². The Hall–Kier alpha value is -2.21. The number of thiazole rings is 1. The van der Waals surface area contributed by atoms with E-state index >= 15 is 0 Å². The minimum Gasteiger partial charge on any atom is -0.374 e. The van der Waals surface area contributed by atoms with Gasteiger partial charge in [-0.1, -0.05) is 17.3 Å². The van der Waals surface area contributed by atoms with Crippen LogP contribution < -0.4 is 5.32 Å². The summed E-state index contributed by atoms with van der Waals surface area (Å²) in [5.41, 5.74) is 1.99. The van der Waals surface area contributed by atoms with Crippen LogP contribution in [-0.4, -0.2) is 20.0 Å². The minimum absolute atomic E-state index is 0.157. The van der Waals surface area contributed by atoms with Gasteiger partial charge in [-0.3, -0.25) is 0 Å². The van der Waals surface area contributed by atoms with Crippen LogP contribution in [0.1, 0.15) is 18.0 Å². The Balaban J connectivity index is 1.89. The van der Waals surface area contributed by atoms with Crippen molar-refractivity contribution in [2.75, 3.05) is 5.32 Å². The quantitative estimate of drug-likeness (QED) is 0.792. The molecule has 0 amide bonds. The van der Waals surface area contributed by atoms with Gasteiger partial charge in [0.15, 0.2) is 0 Å². The van der Waals surface area contributed by atoms with Crippen molar-refractivity contribution in [1.82, 2.24) is 20.0 Å². The Morgan fingerprint density at radius 1 is 1.26 bits per heavy atom. The lowest BCUT2D eigenvalue weighted by molar-refractivity contribution is 0.797. The second-order valence-corrected chi connectivity index (χ2v) is 5.03. The first-order valence-electron chi connectivity index (χ1n) is 5.96. The minimum atomic E-state index is 0.157. The highest BCUT2D eigenvalue weighted by Gasteiger charge is 2.11. The van der Waals surface area contributed by atoms with Gasteiger partial charge in [-0.15, -0.1) is 16.4 Å². The van der Waals surface area contributed by atoms with E-state index in [4.69, 9.17) is 0 Å². The van der Waals surface area contributed by atoms with Crippen molar-refractivity contribution >= 4 is 17.0 Å². The number of nitrogens with zero attached hydrogens (tertiary/aromatic N) is 4. The molecule has 1 aromatic carbocycles. The van der Waals surface area contributed by atoms with Crippen molar-refractivity contribution < 1.29 is 0 Å². The molecule has 3 aromatic rings. The van der Waals surface area contributed by atoms with E-state index in [1.807, 2.05) is 42.0 Å². The summed E-state index contributed by atoms with van der Waals surface area (Å²) in [6.45, 7) is 2.09. The van der Waals surface area contributed by atoms with Crippen molar-refractivity contribution in [1.29, 1.82) is 0 Å². The summed E-state index contributed by atoms with van der Waals surface area (Å²) in [6.07, 6.45) is 5.32. The molecular weight excluding hydrogens is 258 g/mol. The van der Waals surface area contributed by atoms with Gasteiger partial charge in [0, 0.05) is 11.6 Å². The maximum Gasteiger partial charge on any atom is 0.115 e. The van der Waals surface area contributed by atoms with Crippen molar-refractivity contribution in [3.8, 4) is 5.69 Å². The number of anilines is 1. The molecule has 5 nitrogen and oxygen atoms in total. The van der Waals surface area contributed by atoms with Crippen LogP contribution in [0.3, 0.4) is 0 Å². The molecule has 0 radical (unpaired) electrons. The molecule has 0 saturated heterocycles. The number of rotatable bonds is 4. The van der Waals surface area contributed by atoms with Crippen LogP contribution in [-0.2, 0) is 0 Å². The van der Waals surface area contributed by atoms with Crippen molar-refractivity contribution in [2.24, 2.45) is 0 Å². The van der Waals surface area contributed by atoms with Crippen molar-refractivity contribution in [3.63, 3.8) is 0 Å². The largest absolute Gasteiger partial charge is 0.374 e. The molecule has 1 unspecified atom stereocenters. The summed E-state index contributed by atoms with van der Waals surface area (Å²) in [4.78, 5) is 4.33. The summed E-state index contributed by atoms with van der Waals surface area (Å²) in [5, 5.41) is 14.4. The molecule has 6 heteroatoms. The normalized spacial score (nSPS) is 12.3. The van der Waals surface area contributed by atoms with Gasteiger partial charge >= 0.3 is 0 Å². The molecule has 2 heterocycles. The lowest BCUT2D eigenvalue weighted by atomic mass is 10.2. The van der Waals surface area contributed by atoms with Crippen LogP contribution >= 0.6 is 11.3 Å². The Labute approximate surface area is 114 Å². The summed E-state index contributed by atoms with van der Waals surface area (Å²) >= 11 is 1.65. The maximum absolute atomic E-state index is 4.33. The van der Waals surface area contributed by atoms with E-state index in [0.717, 1.165) is 16.4 Å². The van der Waals surface area contributed by atoms with E-state index in [2.05, 4.69) is 27.5 Å². The fraction of sp³-hybridized carbons (Fsp3) is 0.154. The van der Waals surface area contributed by atoms with Crippen LogP contribution in [0.2, 0.25) is 0 Å². The number of hydrogen-bond acceptors (Lipinski definition) is 5. The van der Waals surface area contributed by atoms with Crippen LogP contribution in [0.25, 0.3) is 5.69 Å². The first kappa shape index (κ1) is 11.9. The second kappa shape index (κ2) is 5.19. The fourth-order valence-electron chi connectivity index (χ4n) is 1.88. The zero-order valence-electron chi connectivity index (χ0n) is 10.4. The number of nitrogens with one attached hydrogen (secondary N) is 1. The highest BCUT2D eigenvalue weighted by atomic mass is 32.1. The van der Waals surface area contributed by atoms with E-state index in [9.17, 15) is 0 Å². The van der Waals surface area contributed by atoms with Gasteiger partial charge in [-0.05, 0) is 19.1 Å². The molecule has 0 aliphatic carbocycles. The molecule has 0 aliphatic rings. The van der Waals surface area contributed by atoms with E-state index < -0.39 is 0 Å². The van der Waals surface area contributed by atoms with Gasteiger partial charge in [0.05, 0.1) is 29.8 Å². The molecule has 96 valence electrons. The fourth-order valence-corrected chi connectivity index (χ4v) is 2.52. The third-order valence-electron chi connectivity index (χ3n) is 2.77. The predicted molar refractivity (Wildman–Crippen MR) is 75.5 cm³/mol. The highest BCUT2D eigenvalue weighted by molar-refractivity contribution is 7.09. The topological polar surface area (TPSA) is 55.6 Å². The standard InChI is InChI=1S/C13H13N5S/c1-10(13-14-7-9-19-13)16-11-4-2-3-5-12(11)18-8-6-15-17-18/h2-10,16H,1H3. The van der Waals surface area contributed by atoms with Gasteiger partial charge in [-0.2, -0.15) is 0 Å². The third-order valence-corrected chi connectivity index (χ3v) is 3.73. The summed E-state index contributed by atoms with van der Waals surface area (Å²) < 4.78 is 1.75. The van der Waals surface area contributed by atoms with Crippen LogP contribution in [0, 0.1) is 0 Å². The van der Waals surface area contributed by atoms with Gasteiger partial charge in [0.2, 0.25) is 0 Å². The average molecular weight is 271 g/mol. The lowest BCUT2D eigenvalue weighted by Gasteiger charge is -2.15. The monoisotopic (exact) mass is 271 g/mol. The first-order chi connectivity index (χ1) is 9.34. The van der Waals surface area contributed by atoms with E-state index in [1.54, 1.807) is 22.2 Å². The van der Waals surface area contributed by atoms with Gasteiger partial charge in [0.1, 0.15) is 5.01 Å². The zero-order valence-corrected chi connectivity index (χ0v) is 11.2. The van der Waals surface area contributed by atoms with Crippen LogP contribution in [0.4, 0.5) is 5.69 Å². The highest BCUT2D eigenvalue weighted by Crippen LogP contribution is 2.25. The number of hydrogen-bond donors (Lipinski definition) is 1. The molecule has 19 heavy (non-hydrogen) atoms. The molecule has 0 saturated carbocycles. The smallest absolute Gasteiger partial charge is 0.115 e. The molecule has 2 aromatic heterocycles. The number of aromatic nitrogens is 4. The molecule has 1 atom stereocenters. The average Bonchev–Trinajstić information content (AvgIpc) is 3.13. The third kappa shape index (κ3) is 2.48. The molecule has 1 N–H and O–H groups in total. The molecule has 3 rings (SSSR count). The van der Waals surface area contributed by atoms with Crippen LogP contribution in [0.15, 0.2) is 48.2 Å².